The fourth-order valence-corrected chi connectivity index (χ4v) is 2.10. The number of rotatable bonds is 5. The Morgan fingerprint density at radius 2 is 1.94 bits per heavy atom. The van der Waals surface area contributed by atoms with Crippen LogP contribution in [0.1, 0.15) is 6.42 Å². The van der Waals surface area contributed by atoms with Crippen LogP contribution in [-0.4, -0.2) is 16.1 Å². The van der Waals surface area contributed by atoms with Gasteiger partial charge >= 0.3 is 0 Å². The molecule has 90 valence electrons. The van der Waals surface area contributed by atoms with E-state index in [4.69, 9.17) is 23.2 Å². The van der Waals surface area contributed by atoms with Crippen molar-refractivity contribution in [3.8, 4) is 0 Å². The van der Waals surface area contributed by atoms with Crippen LogP contribution in [0.3, 0.4) is 0 Å². The van der Waals surface area contributed by atoms with Gasteiger partial charge in [-0.25, -0.2) is 4.98 Å². The molecule has 0 fully saturated rings. The summed E-state index contributed by atoms with van der Waals surface area (Å²) in [5.74, 6) is 0. The molecule has 1 heterocycles. The molecule has 0 atom stereocenters. The molecule has 0 saturated carbocycles. The first-order valence-corrected chi connectivity index (χ1v) is 6.15. The predicted molar refractivity (Wildman–Crippen MR) is 71.8 cm³/mol. The number of hydrogen-bond acceptors (Lipinski definition) is 2. The van der Waals surface area contributed by atoms with Crippen LogP contribution in [0.5, 0.6) is 0 Å². The van der Waals surface area contributed by atoms with Gasteiger partial charge in [0.1, 0.15) is 0 Å². The molecule has 0 aliphatic carbocycles. The standard InChI is InChI=1S/C12H13Cl2N3/c13-10-6-11(14)8-12(7-10)16-2-1-4-17-5-3-15-9-17/h3,5-9,16H,1-2,4H2. The molecule has 0 saturated heterocycles. The van der Waals surface area contributed by atoms with Crippen molar-refractivity contribution >= 4 is 28.9 Å². The topological polar surface area (TPSA) is 29.9 Å². The lowest BCUT2D eigenvalue weighted by Crippen LogP contribution is -2.05. The molecule has 0 unspecified atom stereocenters. The average Bonchev–Trinajstić information content (AvgIpc) is 2.76. The third-order valence-corrected chi connectivity index (χ3v) is 2.78. The summed E-state index contributed by atoms with van der Waals surface area (Å²) < 4.78 is 2.05. The van der Waals surface area contributed by atoms with Crippen LogP contribution < -0.4 is 5.32 Å². The first-order valence-electron chi connectivity index (χ1n) is 5.40. The van der Waals surface area contributed by atoms with E-state index in [1.54, 1.807) is 12.3 Å². The van der Waals surface area contributed by atoms with Crippen molar-refractivity contribution in [3.63, 3.8) is 0 Å². The molecule has 1 aromatic carbocycles. The molecule has 0 aliphatic rings. The molecule has 17 heavy (non-hydrogen) atoms. The molecule has 2 aromatic rings. The minimum Gasteiger partial charge on any atom is -0.385 e. The Morgan fingerprint density at radius 1 is 1.18 bits per heavy atom. The van der Waals surface area contributed by atoms with Gasteiger partial charge in [0.15, 0.2) is 0 Å². The number of aromatic nitrogens is 2. The molecule has 0 radical (unpaired) electrons. The third-order valence-electron chi connectivity index (χ3n) is 2.34. The molecule has 0 bridgehead atoms. The maximum atomic E-state index is 5.91. The zero-order valence-electron chi connectivity index (χ0n) is 9.24. The van der Waals surface area contributed by atoms with Crippen molar-refractivity contribution in [1.29, 1.82) is 0 Å². The van der Waals surface area contributed by atoms with Crippen LogP contribution in [0, 0.1) is 0 Å². The van der Waals surface area contributed by atoms with E-state index < -0.39 is 0 Å². The second-order valence-corrected chi connectivity index (χ2v) is 4.61. The summed E-state index contributed by atoms with van der Waals surface area (Å²) in [6.45, 7) is 1.82. The third kappa shape index (κ3) is 3.95. The highest BCUT2D eigenvalue weighted by Gasteiger charge is 1.97. The van der Waals surface area contributed by atoms with Gasteiger partial charge in [-0.05, 0) is 24.6 Å². The van der Waals surface area contributed by atoms with Crippen LogP contribution in [0.4, 0.5) is 5.69 Å². The van der Waals surface area contributed by atoms with E-state index in [1.807, 2.05) is 29.2 Å². The number of halogens is 2. The molecule has 0 aliphatic heterocycles. The largest absolute Gasteiger partial charge is 0.385 e. The van der Waals surface area contributed by atoms with Gasteiger partial charge in [0.25, 0.3) is 0 Å². The van der Waals surface area contributed by atoms with E-state index in [9.17, 15) is 0 Å². The lowest BCUT2D eigenvalue weighted by atomic mass is 10.3. The summed E-state index contributed by atoms with van der Waals surface area (Å²) >= 11 is 11.8. The van der Waals surface area contributed by atoms with Crippen molar-refractivity contribution in [2.75, 3.05) is 11.9 Å². The number of imidazole rings is 1. The minimum atomic E-state index is 0.648. The Labute approximate surface area is 110 Å². The Bertz CT molecular complexity index is 448. The molecular weight excluding hydrogens is 257 g/mol. The Morgan fingerprint density at radius 3 is 2.59 bits per heavy atom. The average molecular weight is 270 g/mol. The van der Waals surface area contributed by atoms with Crippen LogP contribution in [0.2, 0.25) is 10.0 Å². The highest BCUT2D eigenvalue weighted by atomic mass is 35.5. The second kappa shape index (κ2) is 5.94. The summed E-state index contributed by atoms with van der Waals surface area (Å²) in [6, 6.07) is 5.45. The number of benzene rings is 1. The summed E-state index contributed by atoms with van der Waals surface area (Å²) in [5, 5.41) is 4.58. The SMILES string of the molecule is Clc1cc(Cl)cc(NCCCn2ccnc2)c1. The smallest absolute Gasteiger partial charge is 0.0945 e. The fraction of sp³-hybridized carbons (Fsp3) is 0.250. The van der Waals surface area contributed by atoms with Crippen molar-refractivity contribution in [2.24, 2.45) is 0 Å². The van der Waals surface area contributed by atoms with Gasteiger partial charge in [0.2, 0.25) is 0 Å². The number of anilines is 1. The quantitative estimate of drug-likeness (QED) is 0.840. The van der Waals surface area contributed by atoms with Gasteiger partial charge in [-0.2, -0.15) is 0 Å². The monoisotopic (exact) mass is 269 g/mol. The Hall–Kier alpha value is -1.19. The highest BCUT2D eigenvalue weighted by Crippen LogP contribution is 2.22. The molecule has 5 heteroatoms. The van der Waals surface area contributed by atoms with Gasteiger partial charge < -0.3 is 9.88 Å². The lowest BCUT2D eigenvalue weighted by molar-refractivity contribution is 0.661. The van der Waals surface area contributed by atoms with E-state index in [1.165, 1.54) is 0 Å². The van der Waals surface area contributed by atoms with Gasteiger partial charge in [0.05, 0.1) is 6.33 Å². The summed E-state index contributed by atoms with van der Waals surface area (Å²) in [5.41, 5.74) is 0.952. The predicted octanol–water partition coefficient (Wildman–Crippen LogP) is 3.69. The fourth-order valence-electron chi connectivity index (χ4n) is 1.57. The Balaban J connectivity index is 1.78. The molecule has 0 amide bonds. The number of aryl methyl sites for hydroxylation is 1. The van der Waals surface area contributed by atoms with Crippen molar-refractivity contribution in [2.45, 2.75) is 13.0 Å². The van der Waals surface area contributed by atoms with Crippen LogP contribution in [0.15, 0.2) is 36.9 Å². The maximum absolute atomic E-state index is 5.91. The molecule has 0 spiro atoms. The zero-order valence-corrected chi connectivity index (χ0v) is 10.7. The molecule has 2 rings (SSSR count). The van der Waals surface area contributed by atoms with E-state index in [0.29, 0.717) is 10.0 Å². The van der Waals surface area contributed by atoms with Crippen LogP contribution in [-0.2, 0) is 6.54 Å². The van der Waals surface area contributed by atoms with Crippen molar-refractivity contribution < 1.29 is 0 Å². The van der Waals surface area contributed by atoms with Crippen molar-refractivity contribution in [3.05, 3.63) is 47.0 Å². The molecule has 1 aromatic heterocycles. The van der Waals surface area contributed by atoms with Gasteiger partial charge in [0, 0.05) is 41.2 Å². The lowest BCUT2D eigenvalue weighted by Gasteiger charge is -2.07. The maximum Gasteiger partial charge on any atom is 0.0945 e. The van der Waals surface area contributed by atoms with E-state index >= 15 is 0 Å². The van der Waals surface area contributed by atoms with E-state index in [0.717, 1.165) is 25.2 Å². The molecule has 3 nitrogen and oxygen atoms in total. The molecule has 1 N–H and O–H groups in total. The summed E-state index contributed by atoms with van der Waals surface area (Å²) in [6.07, 6.45) is 6.57. The summed E-state index contributed by atoms with van der Waals surface area (Å²) in [7, 11) is 0. The second-order valence-electron chi connectivity index (χ2n) is 3.74. The zero-order chi connectivity index (χ0) is 12.1. The first-order chi connectivity index (χ1) is 8.24. The minimum absolute atomic E-state index is 0.648. The van der Waals surface area contributed by atoms with Gasteiger partial charge in [-0.15, -0.1) is 0 Å². The van der Waals surface area contributed by atoms with Crippen LogP contribution in [0.25, 0.3) is 0 Å². The van der Waals surface area contributed by atoms with Gasteiger partial charge in [-0.3, -0.25) is 0 Å². The van der Waals surface area contributed by atoms with Crippen LogP contribution >= 0.6 is 23.2 Å². The number of nitrogens with one attached hydrogen (secondary N) is 1. The van der Waals surface area contributed by atoms with Gasteiger partial charge in [-0.1, -0.05) is 23.2 Å². The summed E-state index contributed by atoms with van der Waals surface area (Å²) in [4.78, 5) is 3.99. The van der Waals surface area contributed by atoms with E-state index in [2.05, 4.69) is 10.3 Å². The Kier molecular flexibility index (Phi) is 4.29. The normalized spacial score (nSPS) is 10.5. The number of hydrogen-bond donors (Lipinski definition) is 1. The van der Waals surface area contributed by atoms with E-state index in [-0.39, 0.29) is 0 Å². The highest BCUT2D eigenvalue weighted by molar-refractivity contribution is 6.35. The molecular formula is C12H13Cl2N3. The first kappa shape index (κ1) is 12.3. The van der Waals surface area contributed by atoms with Crippen molar-refractivity contribution in [1.82, 2.24) is 9.55 Å². The number of nitrogens with zero attached hydrogens (tertiary/aromatic N) is 2.